The standard InChI is InChI=1S/C16H25NO3/c1-11(18)16(9-13-4-5-14(16)8-13)10-20-15(19)17-7-6-12-2-3-12/h12-14H,2-10H2,1H3,(H,17,19). The van der Waals surface area contributed by atoms with Gasteiger partial charge in [0.25, 0.3) is 0 Å². The van der Waals surface area contributed by atoms with Crippen LogP contribution in [0.25, 0.3) is 0 Å². The predicted molar refractivity (Wildman–Crippen MR) is 75.3 cm³/mol. The van der Waals surface area contributed by atoms with E-state index in [2.05, 4.69) is 5.32 Å². The fourth-order valence-corrected chi connectivity index (χ4v) is 4.18. The van der Waals surface area contributed by atoms with Crippen molar-refractivity contribution in [3.05, 3.63) is 0 Å². The van der Waals surface area contributed by atoms with Crippen LogP contribution in [-0.4, -0.2) is 25.0 Å². The highest BCUT2D eigenvalue weighted by atomic mass is 16.5. The molecule has 0 aliphatic heterocycles. The molecule has 0 aromatic heterocycles. The highest BCUT2D eigenvalue weighted by Crippen LogP contribution is 2.56. The lowest BCUT2D eigenvalue weighted by molar-refractivity contribution is -0.132. The van der Waals surface area contributed by atoms with Gasteiger partial charge in [-0.15, -0.1) is 0 Å². The topological polar surface area (TPSA) is 55.4 Å². The van der Waals surface area contributed by atoms with Gasteiger partial charge in [-0.2, -0.15) is 0 Å². The molecule has 0 aromatic carbocycles. The Labute approximate surface area is 120 Å². The van der Waals surface area contributed by atoms with Gasteiger partial charge in [0.2, 0.25) is 0 Å². The fourth-order valence-electron chi connectivity index (χ4n) is 4.18. The average Bonchev–Trinajstić information content (AvgIpc) is 3.01. The number of amides is 1. The van der Waals surface area contributed by atoms with Crippen molar-refractivity contribution in [2.45, 2.75) is 51.9 Å². The molecule has 0 aromatic rings. The molecule has 3 fully saturated rings. The first kappa shape index (κ1) is 13.9. The van der Waals surface area contributed by atoms with Gasteiger partial charge < -0.3 is 10.1 Å². The number of carbonyl (C=O) groups is 2. The minimum atomic E-state index is -0.378. The smallest absolute Gasteiger partial charge is 0.407 e. The molecule has 3 unspecified atom stereocenters. The van der Waals surface area contributed by atoms with Crippen molar-refractivity contribution < 1.29 is 14.3 Å². The predicted octanol–water partition coefficient (Wildman–Crippen LogP) is 2.91. The Kier molecular flexibility index (Phi) is 3.74. The number of hydrogen-bond donors (Lipinski definition) is 1. The molecule has 4 nitrogen and oxygen atoms in total. The summed E-state index contributed by atoms with van der Waals surface area (Å²) in [4.78, 5) is 23.8. The lowest BCUT2D eigenvalue weighted by Crippen LogP contribution is -2.41. The Hall–Kier alpha value is -1.06. The summed E-state index contributed by atoms with van der Waals surface area (Å²) < 4.78 is 5.37. The number of ether oxygens (including phenoxy) is 1. The molecule has 3 atom stereocenters. The van der Waals surface area contributed by atoms with E-state index in [4.69, 9.17) is 4.74 Å². The van der Waals surface area contributed by atoms with Gasteiger partial charge in [-0.1, -0.05) is 19.3 Å². The summed E-state index contributed by atoms with van der Waals surface area (Å²) in [6.45, 7) is 2.64. The highest BCUT2D eigenvalue weighted by molar-refractivity contribution is 5.84. The number of hydrogen-bond acceptors (Lipinski definition) is 3. The first-order valence-corrected chi connectivity index (χ1v) is 8.02. The van der Waals surface area contributed by atoms with Gasteiger partial charge >= 0.3 is 6.09 Å². The van der Waals surface area contributed by atoms with Crippen molar-refractivity contribution in [1.29, 1.82) is 0 Å². The lowest BCUT2D eigenvalue weighted by atomic mass is 9.71. The van der Waals surface area contributed by atoms with E-state index in [1.54, 1.807) is 6.92 Å². The third kappa shape index (κ3) is 2.70. The molecule has 1 N–H and O–H groups in total. The SMILES string of the molecule is CC(=O)C1(COC(=O)NCCC2CC2)CC2CCC1C2. The molecule has 4 heteroatoms. The fraction of sp³-hybridized carbons (Fsp3) is 0.875. The first-order chi connectivity index (χ1) is 9.60. The molecule has 112 valence electrons. The summed E-state index contributed by atoms with van der Waals surface area (Å²) in [5, 5.41) is 2.81. The van der Waals surface area contributed by atoms with E-state index in [-0.39, 0.29) is 23.9 Å². The molecule has 3 aliphatic rings. The van der Waals surface area contributed by atoms with Crippen molar-refractivity contribution in [2.24, 2.45) is 23.2 Å². The highest BCUT2D eigenvalue weighted by Gasteiger charge is 2.54. The summed E-state index contributed by atoms with van der Waals surface area (Å²) in [7, 11) is 0. The third-order valence-corrected chi connectivity index (χ3v) is 5.66. The van der Waals surface area contributed by atoms with Crippen LogP contribution in [0.5, 0.6) is 0 Å². The van der Waals surface area contributed by atoms with E-state index in [0.717, 1.165) is 31.6 Å². The van der Waals surface area contributed by atoms with Crippen LogP contribution in [0.4, 0.5) is 4.79 Å². The maximum atomic E-state index is 12.1. The van der Waals surface area contributed by atoms with E-state index in [9.17, 15) is 9.59 Å². The number of alkyl carbamates (subject to hydrolysis) is 1. The Morgan fingerprint density at radius 1 is 1.25 bits per heavy atom. The molecular formula is C16H25NO3. The van der Waals surface area contributed by atoms with Crippen LogP contribution < -0.4 is 5.32 Å². The third-order valence-electron chi connectivity index (χ3n) is 5.66. The van der Waals surface area contributed by atoms with E-state index in [1.807, 2.05) is 0 Å². The van der Waals surface area contributed by atoms with E-state index in [0.29, 0.717) is 18.4 Å². The van der Waals surface area contributed by atoms with Crippen molar-refractivity contribution in [3.8, 4) is 0 Å². The second-order valence-corrected chi connectivity index (χ2v) is 7.03. The zero-order chi connectivity index (χ0) is 14.2. The van der Waals surface area contributed by atoms with Crippen molar-refractivity contribution in [1.82, 2.24) is 5.32 Å². The number of fused-ring (bicyclic) bond motifs is 2. The van der Waals surface area contributed by atoms with Crippen molar-refractivity contribution in [2.75, 3.05) is 13.2 Å². The Balaban J connectivity index is 1.47. The zero-order valence-electron chi connectivity index (χ0n) is 12.3. The van der Waals surface area contributed by atoms with Crippen LogP contribution in [0.1, 0.15) is 51.9 Å². The molecule has 3 aliphatic carbocycles. The van der Waals surface area contributed by atoms with Crippen LogP contribution in [0.15, 0.2) is 0 Å². The first-order valence-electron chi connectivity index (χ1n) is 8.02. The van der Waals surface area contributed by atoms with E-state index in [1.165, 1.54) is 19.3 Å². The zero-order valence-corrected chi connectivity index (χ0v) is 12.3. The number of carbonyl (C=O) groups excluding carboxylic acids is 2. The number of Topliss-reactive ketones (excluding diaryl/α,β-unsaturated/α-hetero) is 1. The second-order valence-electron chi connectivity index (χ2n) is 7.03. The monoisotopic (exact) mass is 279 g/mol. The summed E-state index contributed by atoms with van der Waals surface area (Å²) in [5.74, 6) is 2.12. The second kappa shape index (κ2) is 5.38. The Morgan fingerprint density at radius 3 is 2.60 bits per heavy atom. The van der Waals surface area contributed by atoms with Crippen LogP contribution in [0.2, 0.25) is 0 Å². The number of ketones is 1. The summed E-state index contributed by atoms with van der Waals surface area (Å²) in [5.41, 5.74) is -0.378. The molecule has 3 rings (SSSR count). The molecule has 3 saturated carbocycles. The number of nitrogens with one attached hydrogen (secondary N) is 1. The minimum Gasteiger partial charge on any atom is -0.448 e. The van der Waals surface area contributed by atoms with Crippen molar-refractivity contribution in [3.63, 3.8) is 0 Å². The average molecular weight is 279 g/mol. The summed E-state index contributed by atoms with van der Waals surface area (Å²) >= 11 is 0. The van der Waals surface area contributed by atoms with E-state index < -0.39 is 0 Å². The van der Waals surface area contributed by atoms with Gasteiger partial charge in [0.05, 0.1) is 5.41 Å². The quantitative estimate of drug-likeness (QED) is 0.813. The molecule has 0 saturated heterocycles. The molecule has 0 radical (unpaired) electrons. The van der Waals surface area contributed by atoms with Crippen molar-refractivity contribution >= 4 is 11.9 Å². The van der Waals surface area contributed by atoms with Gasteiger partial charge in [0.1, 0.15) is 12.4 Å². The maximum Gasteiger partial charge on any atom is 0.407 e. The molecule has 2 bridgehead atoms. The minimum absolute atomic E-state index is 0.204. The van der Waals surface area contributed by atoms with Crippen LogP contribution in [-0.2, 0) is 9.53 Å². The Bertz CT molecular complexity index is 405. The number of rotatable bonds is 6. The largest absolute Gasteiger partial charge is 0.448 e. The molecule has 0 heterocycles. The van der Waals surface area contributed by atoms with Crippen LogP contribution in [0.3, 0.4) is 0 Å². The van der Waals surface area contributed by atoms with E-state index >= 15 is 0 Å². The van der Waals surface area contributed by atoms with Gasteiger partial charge in [0, 0.05) is 6.54 Å². The molecule has 20 heavy (non-hydrogen) atoms. The maximum absolute atomic E-state index is 12.1. The van der Waals surface area contributed by atoms with Gasteiger partial charge in [-0.25, -0.2) is 4.79 Å². The van der Waals surface area contributed by atoms with Gasteiger partial charge in [-0.05, 0) is 50.4 Å². The summed E-state index contributed by atoms with van der Waals surface area (Å²) in [6, 6.07) is 0. The lowest BCUT2D eigenvalue weighted by Gasteiger charge is -2.34. The Morgan fingerprint density at radius 2 is 2.05 bits per heavy atom. The van der Waals surface area contributed by atoms with Crippen LogP contribution in [0, 0.1) is 23.2 Å². The molecular weight excluding hydrogens is 254 g/mol. The van der Waals surface area contributed by atoms with Gasteiger partial charge in [-0.3, -0.25) is 4.79 Å². The molecule has 0 spiro atoms. The molecule has 1 amide bonds. The van der Waals surface area contributed by atoms with Crippen LogP contribution >= 0.6 is 0 Å². The van der Waals surface area contributed by atoms with Gasteiger partial charge in [0.15, 0.2) is 0 Å². The normalized spacial score (nSPS) is 35.0. The summed E-state index contributed by atoms with van der Waals surface area (Å²) in [6.07, 6.45) is 7.73.